The quantitative estimate of drug-likeness (QED) is 0.917. The Bertz CT molecular complexity index is 523. The minimum Gasteiger partial charge on any atom is -0.338 e. The van der Waals surface area contributed by atoms with Crippen molar-refractivity contribution in [2.75, 3.05) is 0 Å². The van der Waals surface area contributed by atoms with Gasteiger partial charge >= 0.3 is 0 Å². The predicted molar refractivity (Wildman–Crippen MR) is 74.7 cm³/mol. The van der Waals surface area contributed by atoms with Crippen LogP contribution in [0.4, 0.5) is 0 Å². The second-order valence-corrected chi connectivity index (χ2v) is 5.79. The van der Waals surface area contributed by atoms with Crippen molar-refractivity contribution in [3.63, 3.8) is 0 Å². The first kappa shape index (κ1) is 13.7. The van der Waals surface area contributed by atoms with Crippen LogP contribution in [0.15, 0.2) is 28.8 Å². The summed E-state index contributed by atoms with van der Waals surface area (Å²) in [5.74, 6) is 1.30. The van der Waals surface area contributed by atoms with Gasteiger partial charge in [0.25, 0.3) is 0 Å². The van der Waals surface area contributed by atoms with E-state index in [1.165, 1.54) is 11.1 Å². The number of hydrogen-bond donors (Lipinski definition) is 1. The molecule has 0 bridgehead atoms. The van der Waals surface area contributed by atoms with Gasteiger partial charge in [-0.25, -0.2) is 0 Å². The van der Waals surface area contributed by atoms with Crippen LogP contribution in [0.25, 0.3) is 0 Å². The fraction of sp³-hybridized carbons (Fsp3) is 0.467. The van der Waals surface area contributed by atoms with Crippen LogP contribution in [-0.2, 0) is 18.5 Å². The zero-order chi connectivity index (χ0) is 13.9. The molecule has 0 fully saturated rings. The first-order valence-electron chi connectivity index (χ1n) is 6.54. The van der Waals surface area contributed by atoms with Gasteiger partial charge in [-0.1, -0.05) is 50.2 Å². The molecule has 0 amide bonds. The second kappa shape index (κ2) is 5.53. The molecule has 0 aliphatic heterocycles. The minimum absolute atomic E-state index is 0.202. The Hall–Kier alpha value is -1.68. The molecule has 0 saturated carbocycles. The average Bonchev–Trinajstić information content (AvgIpc) is 2.75. The summed E-state index contributed by atoms with van der Waals surface area (Å²) in [6.45, 7) is 9.88. The summed E-state index contributed by atoms with van der Waals surface area (Å²) in [7, 11) is 0. The van der Waals surface area contributed by atoms with Gasteiger partial charge in [-0.15, -0.1) is 0 Å². The number of rotatable bonds is 4. The topological polar surface area (TPSA) is 51.0 Å². The maximum atomic E-state index is 5.04. The van der Waals surface area contributed by atoms with Crippen molar-refractivity contribution in [1.82, 2.24) is 15.5 Å². The van der Waals surface area contributed by atoms with Crippen molar-refractivity contribution in [3.8, 4) is 0 Å². The van der Waals surface area contributed by atoms with Crippen molar-refractivity contribution < 1.29 is 4.52 Å². The van der Waals surface area contributed by atoms with Gasteiger partial charge < -0.3 is 9.84 Å². The van der Waals surface area contributed by atoms with E-state index in [0.29, 0.717) is 18.3 Å². The number of nitrogens with one attached hydrogen (secondary N) is 1. The highest BCUT2D eigenvalue weighted by molar-refractivity contribution is 5.27. The van der Waals surface area contributed by atoms with Crippen LogP contribution < -0.4 is 5.32 Å². The molecule has 2 rings (SSSR count). The summed E-state index contributed by atoms with van der Waals surface area (Å²) >= 11 is 0. The van der Waals surface area contributed by atoms with E-state index in [2.05, 4.69) is 60.5 Å². The van der Waals surface area contributed by atoms with Crippen LogP contribution >= 0.6 is 0 Å². The molecular weight excluding hydrogens is 238 g/mol. The summed E-state index contributed by atoms with van der Waals surface area (Å²) < 4.78 is 5.04. The Kier molecular flexibility index (Phi) is 4.00. The van der Waals surface area contributed by atoms with Gasteiger partial charge in [-0.2, -0.15) is 4.98 Å². The van der Waals surface area contributed by atoms with Crippen LogP contribution in [0, 0.1) is 6.92 Å². The first-order chi connectivity index (χ1) is 8.95. The molecule has 4 heteroatoms. The lowest BCUT2D eigenvalue weighted by Gasteiger charge is -2.19. The molecule has 0 atom stereocenters. The molecule has 4 nitrogen and oxygen atoms in total. The molecule has 0 aliphatic rings. The maximum Gasteiger partial charge on any atom is 0.240 e. The highest BCUT2D eigenvalue weighted by Crippen LogP contribution is 2.22. The zero-order valence-corrected chi connectivity index (χ0v) is 12.0. The molecule has 2 aromatic rings. The number of benzene rings is 1. The van der Waals surface area contributed by atoms with E-state index < -0.39 is 0 Å². The van der Waals surface area contributed by atoms with E-state index in [9.17, 15) is 0 Å². The third kappa shape index (κ3) is 3.89. The molecule has 1 N–H and O–H groups in total. The Morgan fingerprint density at radius 3 is 2.32 bits per heavy atom. The van der Waals surface area contributed by atoms with Crippen LogP contribution in [0.3, 0.4) is 0 Å². The summed E-state index contributed by atoms with van der Waals surface area (Å²) in [6, 6.07) is 8.70. The Labute approximate surface area is 114 Å². The third-order valence-corrected chi connectivity index (χ3v) is 2.99. The predicted octanol–water partition coefficient (Wildman–Crippen LogP) is 2.97. The SMILES string of the molecule is Cc1noc(CNCc2ccc(C(C)(C)C)cc2)n1. The molecule has 1 heterocycles. The van der Waals surface area contributed by atoms with Crippen molar-refractivity contribution in [1.29, 1.82) is 0 Å². The monoisotopic (exact) mass is 259 g/mol. The van der Waals surface area contributed by atoms with E-state index in [4.69, 9.17) is 4.52 Å². The maximum absolute atomic E-state index is 5.04. The lowest BCUT2D eigenvalue weighted by atomic mass is 9.87. The lowest BCUT2D eigenvalue weighted by Crippen LogP contribution is -2.14. The van der Waals surface area contributed by atoms with Crippen molar-refractivity contribution in [3.05, 3.63) is 47.1 Å². The smallest absolute Gasteiger partial charge is 0.240 e. The Morgan fingerprint density at radius 2 is 1.79 bits per heavy atom. The zero-order valence-electron chi connectivity index (χ0n) is 12.0. The summed E-state index contributed by atoms with van der Waals surface area (Å²) in [5.41, 5.74) is 2.81. The van der Waals surface area contributed by atoms with Gasteiger partial charge in [0.2, 0.25) is 5.89 Å². The first-order valence-corrected chi connectivity index (χ1v) is 6.54. The van der Waals surface area contributed by atoms with E-state index >= 15 is 0 Å². The van der Waals surface area contributed by atoms with Gasteiger partial charge in [0.15, 0.2) is 5.82 Å². The van der Waals surface area contributed by atoms with Gasteiger partial charge in [0, 0.05) is 6.54 Å². The van der Waals surface area contributed by atoms with E-state index in [0.717, 1.165) is 6.54 Å². The molecular formula is C15H21N3O. The van der Waals surface area contributed by atoms with Crippen molar-refractivity contribution in [2.24, 2.45) is 0 Å². The van der Waals surface area contributed by atoms with E-state index in [1.54, 1.807) is 0 Å². The summed E-state index contributed by atoms with van der Waals surface area (Å²) in [5, 5.41) is 7.05. The fourth-order valence-electron chi connectivity index (χ4n) is 1.85. The lowest BCUT2D eigenvalue weighted by molar-refractivity contribution is 0.364. The summed E-state index contributed by atoms with van der Waals surface area (Å²) in [6.07, 6.45) is 0. The molecule has 0 spiro atoms. The second-order valence-electron chi connectivity index (χ2n) is 5.79. The molecule has 1 aromatic heterocycles. The highest BCUT2D eigenvalue weighted by Gasteiger charge is 2.12. The Morgan fingerprint density at radius 1 is 1.11 bits per heavy atom. The fourth-order valence-corrected chi connectivity index (χ4v) is 1.85. The van der Waals surface area contributed by atoms with Crippen LogP contribution in [0.2, 0.25) is 0 Å². The van der Waals surface area contributed by atoms with Crippen LogP contribution in [-0.4, -0.2) is 10.1 Å². The standard InChI is InChI=1S/C15H21N3O/c1-11-17-14(19-18-11)10-16-9-12-5-7-13(8-6-12)15(2,3)4/h5-8,16H,9-10H2,1-4H3. The average molecular weight is 259 g/mol. The molecule has 0 saturated heterocycles. The molecule has 1 aromatic carbocycles. The largest absolute Gasteiger partial charge is 0.338 e. The summed E-state index contributed by atoms with van der Waals surface area (Å²) in [4.78, 5) is 4.15. The van der Waals surface area contributed by atoms with Gasteiger partial charge in [-0.05, 0) is 23.5 Å². The normalized spacial score (nSPS) is 11.8. The van der Waals surface area contributed by atoms with Gasteiger partial charge in [0.05, 0.1) is 6.54 Å². The number of aromatic nitrogens is 2. The van der Waals surface area contributed by atoms with Gasteiger partial charge in [-0.3, -0.25) is 0 Å². The van der Waals surface area contributed by atoms with E-state index in [-0.39, 0.29) is 5.41 Å². The Balaban J connectivity index is 1.86. The molecule has 102 valence electrons. The van der Waals surface area contributed by atoms with Crippen LogP contribution in [0.1, 0.15) is 43.6 Å². The third-order valence-electron chi connectivity index (χ3n) is 2.99. The molecule has 0 radical (unpaired) electrons. The van der Waals surface area contributed by atoms with Crippen LogP contribution in [0.5, 0.6) is 0 Å². The number of nitrogens with zero attached hydrogens (tertiary/aromatic N) is 2. The molecule has 19 heavy (non-hydrogen) atoms. The van der Waals surface area contributed by atoms with E-state index in [1.807, 2.05) is 6.92 Å². The molecule has 0 aliphatic carbocycles. The van der Waals surface area contributed by atoms with Crippen molar-refractivity contribution in [2.45, 2.75) is 46.2 Å². The highest BCUT2D eigenvalue weighted by atomic mass is 16.5. The van der Waals surface area contributed by atoms with Gasteiger partial charge in [0.1, 0.15) is 0 Å². The van der Waals surface area contributed by atoms with Crippen molar-refractivity contribution >= 4 is 0 Å². The number of aryl methyl sites for hydroxylation is 1. The number of hydrogen-bond acceptors (Lipinski definition) is 4. The molecule has 0 unspecified atom stereocenters. The minimum atomic E-state index is 0.202.